The lowest BCUT2D eigenvalue weighted by molar-refractivity contribution is -0.120. The topological polar surface area (TPSA) is 87.3 Å². The average molecular weight is 349 g/mol. The fourth-order valence-electron chi connectivity index (χ4n) is 1.71. The summed E-state index contributed by atoms with van der Waals surface area (Å²) in [6.45, 7) is 3.86. The lowest BCUT2D eigenvalue weighted by atomic mass is 10.3. The predicted octanol–water partition coefficient (Wildman–Crippen LogP) is 0.749. The van der Waals surface area contributed by atoms with E-state index in [1.165, 1.54) is 0 Å². The van der Waals surface area contributed by atoms with Crippen LogP contribution in [0.2, 0.25) is 0 Å². The third kappa shape index (κ3) is 7.02. The Morgan fingerprint density at radius 2 is 1.83 bits per heavy atom. The number of sulfonamides is 1. The standard InChI is InChI=1S/C14H21F2N3O3S/c1-2-6-17-8-9-18-14(20)5-7-19-23(21,22)11-3-4-12(15)13(16)10-11/h3-4,10,17,19H,2,5-9H2,1H3,(H,18,20). The molecular formula is C14H21F2N3O3S. The summed E-state index contributed by atoms with van der Waals surface area (Å²) in [4.78, 5) is 11.1. The van der Waals surface area contributed by atoms with Gasteiger partial charge in [0, 0.05) is 26.1 Å². The van der Waals surface area contributed by atoms with Crippen molar-refractivity contribution in [1.29, 1.82) is 0 Å². The first-order chi connectivity index (χ1) is 10.9. The van der Waals surface area contributed by atoms with Crippen molar-refractivity contribution in [3.63, 3.8) is 0 Å². The Balaban J connectivity index is 2.36. The molecule has 1 aromatic rings. The van der Waals surface area contributed by atoms with Gasteiger partial charge in [-0.05, 0) is 31.2 Å². The highest BCUT2D eigenvalue weighted by molar-refractivity contribution is 7.89. The zero-order chi connectivity index (χ0) is 17.3. The van der Waals surface area contributed by atoms with Crippen LogP contribution in [0.4, 0.5) is 8.78 Å². The van der Waals surface area contributed by atoms with Gasteiger partial charge in [-0.3, -0.25) is 4.79 Å². The maximum Gasteiger partial charge on any atom is 0.240 e. The van der Waals surface area contributed by atoms with Crippen LogP contribution in [0.5, 0.6) is 0 Å². The van der Waals surface area contributed by atoms with Gasteiger partial charge in [0.05, 0.1) is 4.90 Å². The van der Waals surface area contributed by atoms with Gasteiger partial charge in [-0.25, -0.2) is 21.9 Å². The molecule has 6 nitrogen and oxygen atoms in total. The van der Waals surface area contributed by atoms with Gasteiger partial charge in [0.15, 0.2) is 11.6 Å². The van der Waals surface area contributed by atoms with Crippen LogP contribution in [-0.4, -0.2) is 40.5 Å². The molecule has 23 heavy (non-hydrogen) atoms. The maximum atomic E-state index is 13.1. The van der Waals surface area contributed by atoms with E-state index >= 15 is 0 Å². The molecule has 0 saturated carbocycles. The van der Waals surface area contributed by atoms with Crippen LogP contribution in [0.15, 0.2) is 23.1 Å². The second-order valence-corrected chi connectivity index (χ2v) is 6.59. The Morgan fingerprint density at radius 1 is 1.09 bits per heavy atom. The van der Waals surface area contributed by atoms with Gasteiger partial charge in [-0.2, -0.15) is 0 Å². The molecular weight excluding hydrogens is 328 g/mol. The second-order valence-electron chi connectivity index (χ2n) is 4.82. The van der Waals surface area contributed by atoms with Crippen molar-refractivity contribution in [2.24, 2.45) is 0 Å². The summed E-state index contributed by atoms with van der Waals surface area (Å²) < 4.78 is 51.7. The second kappa shape index (κ2) is 9.53. The summed E-state index contributed by atoms with van der Waals surface area (Å²) in [5, 5.41) is 5.75. The van der Waals surface area contributed by atoms with Gasteiger partial charge in [0.1, 0.15) is 0 Å². The maximum absolute atomic E-state index is 13.1. The molecule has 0 fully saturated rings. The number of benzene rings is 1. The summed E-state index contributed by atoms with van der Waals surface area (Å²) >= 11 is 0. The Morgan fingerprint density at radius 3 is 2.48 bits per heavy atom. The summed E-state index contributed by atoms with van der Waals surface area (Å²) in [6.07, 6.45) is 0.955. The van der Waals surface area contributed by atoms with Crippen molar-refractivity contribution in [3.8, 4) is 0 Å². The lowest BCUT2D eigenvalue weighted by Crippen LogP contribution is -2.34. The quantitative estimate of drug-likeness (QED) is 0.544. The molecule has 130 valence electrons. The molecule has 1 amide bonds. The van der Waals surface area contributed by atoms with E-state index in [-0.39, 0.29) is 23.8 Å². The minimum absolute atomic E-state index is 0.0450. The fourth-order valence-corrected chi connectivity index (χ4v) is 2.75. The van der Waals surface area contributed by atoms with Gasteiger partial charge in [0.2, 0.25) is 15.9 Å². The zero-order valence-electron chi connectivity index (χ0n) is 12.9. The van der Waals surface area contributed by atoms with E-state index in [1.54, 1.807) is 0 Å². The number of hydrogen-bond acceptors (Lipinski definition) is 4. The minimum atomic E-state index is -3.98. The van der Waals surface area contributed by atoms with Crippen LogP contribution in [0.25, 0.3) is 0 Å². The third-order valence-corrected chi connectivity index (χ3v) is 4.35. The first kappa shape index (κ1) is 19.5. The molecule has 0 aromatic heterocycles. The van der Waals surface area contributed by atoms with E-state index < -0.39 is 21.7 Å². The molecule has 9 heteroatoms. The van der Waals surface area contributed by atoms with Crippen LogP contribution in [-0.2, 0) is 14.8 Å². The van der Waals surface area contributed by atoms with E-state index in [0.29, 0.717) is 19.2 Å². The minimum Gasteiger partial charge on any atom is -0.355 e. The molecule has 0 heterocycles. The Labute approximate surface area is 134 Å². The number of hydrogen-bond donors (Lipinski definition) is 3. The molecule has 0 saturated heterocycles. The average Bonchev–Trinajstić information content (AvgIpc) is 2.49. The van der Waals surface area contributed by atoms with E-state index in [9.17, 15) is 22.0 Å². The van der Waals surface area contributed by atoms with Crippen LogP contribution in [0, 0.1) is 11.6 Å². The van der Waals surface area contributed by atoms with Gasteiger partial charge in [-0.1, -0.05) is 6.92 Å². The fraction of sp³-hybridized carbons (Fsp3) is 0.500. The van der Waals surface area contributed by atoms with Gasteiger partial charge in [-0.15, -0.1) is 0 Å². The molecule has 0 spiro atoms. The largest absolute Gasteiger partial charge is 0.355 e. The van der Waals surface area contributed by atoms with Crippen LogP contribution < -0.4 is 15.4 Å². The van der Waals surface area contributed by atoms with Crippen molar-refractivity contribution >= 4 is 15.9 Å². The molecule has 3 N–H and O–H groups in total. The lowest BCUT2D eigenvalue weighted by Gasteiger charge is -2.08. The van der Waals surface area contributed by atoms with Crippen molar-refractivity contribution in [2.75, 3.05) is 26.2 Å². The highest BCUT2D eigenvalue weighted by Gasteiger charge is 2.16. The molecule has 1 rings (SSSR count). The van der Waals surface area contributed by atoms with E-state index in [0.717, 1.165) is 25.1 Å². The highest BCUT2D eigenvalue weighted by atomic mass is 32.2. The molecule has 1 aromatic carbocycles. The van der Waals surface area contributed by atoms with E-state index in [4.69, 9.17) is 0 Å². The van der Waals surface area contributed by atoms with Gasteiger partial charge < -0.3 is 10.6 Å². The zero-order valence-corrected chi connectivity index (χ0v) is 13.7. The first-order valence-electron chi connectivity index (χ1n) is 7.29. The van der Waals surface area contributed by atoms with E-state index in [2.05, 4.69) is 15.4 Å². The predicted molar refractivity (Wildman–Crippen MR) is 82.3 cm³/mol. The number of carbonyl (C=O) groups excluding carboxylic acids is 1. The van der Waals surface area contributed by atoms with Gasteiger partial charge in [0.25, 0.3) is 0 Å². The first-order valence-corrected chi connectivity index (χ1v) is 8.77. The van der Waals surface area contributed by atoms with Crippen molar-refractivity contribution < 1.29 is 22.0 Å². The van der Waals surface area contributed by atoms with Crippen LogP contribution in [0.3, 0.4) is 0 Å². The molecule has 0 atom stereocenters. The van der Waals surface area contributed by atoms with Crippen molar-refractivity contribution in [3.05, 3.63) is 29.8 Å². The summed E-state index contributed by atoms with van der Waals surface area (Å²) in [6, 6.07) is 2.29. The number of halogens is 2. The highest BCUT2D eigenvalue weighted by Crippen LogP contribution is 2.13. The van der Waals surface area contributed by atoms with E-state index in [1.807, 2.05) is 6.92 Å². The van der Waals surface area contributed by atoms with Gasteiger partial charge >= 0.3 is 0 Å². The van der Waals surface area contributed by atoms with Crippen molar-refractivity contribution in [1.82, 2.24) is 15.4 Å². The summed E-state index contributed by atoms with van der Waals surface area (Å²) in [5.74, 6) is -2.67. The monoisotopic (exact) mass is 349 g/mol. The smallest absolute Gasteiger partial charge is 0.240 e. The Hall–Kier alpha value is -1.58. The van der Waals surface area contributed by atoms with Crippen LogP contribution in [0.1, 0.15) is 19.8 Å². The number of nitrogens with one attached hydrogen (secondary N) is 3. The molecule has 0 unspecified atom stereocenters. The number of amides is 1. The Bertz CT molecular complexity index is 624. The van der Waals surface area contributed by atoms with Crippen LogP contribution >= 0.6 is 0 Å². The molecule has 0 radical (unpaired) electrons. The number of rotatable bonds is 10. The third-order valence-electron chi connectivity index (χ3n) is 2.90. The molecule has 0 aliphatic rings. The Kier molecular flexibility index (Phi) is 8.07. The number of carbonyl (C=O) groups is 1. The summed E-state index contributed by atoms with van der Waals surface area (Å²) in [5.41, 5.74) is 0. The molecule has 0 aliphatic heterocycles. The molecule has 0 aliphatic carbocycles. The SMILES string of the molecule is CCCNCCNC(=O)CCNS(=O)(=O)c1ccc(F)c(F)c1. The summed E-state index contributed by atoms with van der Waals surface area (Å²) in [7, 11) is -3.98. The van der Waals surface area contributed by atoms with Crippen molar-refractivity contribution in [2.45, 2.75) is 24.7 Å². The molecule has 0 bridgehead atoms. The normalized spacial score (nSPS) is 11.4.